The van der Waals surface area contributed by atoms with E-state index in [1.54, 1.807) is 23.5 Å². The Balaban J connectivity index is 2.53. The van der Waals surface area contributed by atoms with E-state index in [-0.39, 0.29) is 0 Å². The molecule has 0 unspecified atom stereocenters. The maximum absolute atomic E-state index is 4.42. The molecule has 0 atom stereocenters. The quantitative estimate of drug-likeness (QED) is 0.744. The third kappa shape index (κ3) is 4.33. The Bertz CT molecular complexity index is 233. The minimum absolute atomic E-state index is 0.562. The van der Waals surface area contributed by atoms with Crippen molar-refractivity contribution >= 4 is 35.1 Å². The van der Waals surface area contributed by atoms with E-state index in [1.807, 2.05) is 0 Å². The van der Waals surface area contributed by atoms with Crippen molar-refractivity contribution in [3.63, 3.8) is 0 Å². The fourth-order valence-corrected chi connectivity index (χ4v) is 3.40. The molecule has 0 bridgehead atoms. The Labute approximate surface area is 92.1 Å². The number of hydrogen-bond donors (Lipinski definition) is 0. The standard InChI is InChI=1S/C8H14N2S3/c1-5(2)11-7-9-8(13-10-7)12-6(3)4/h5-6H,1-4H3. The summed E-state index contributed by atoms with van der Waals surface area (Å²) < 4.78 is 5.36. The highest BCUT2D eigenvalue weighted by Crippen LogP contribution is 2.28. The average molecular weight is 234 g/mol. The molecule has 0 aliphatic carbocycles. The zero-order chi connectivity index (χ0) is 9.84. The molecule has 0 radical (unpaired) electrons. The molecule has 1 heterocycles. The van der Waals surface area contributed by atoms with Crippen LogP contribution in [0.4, 0.5) is 0 Å². The van der Waals surface area contributed by atoms with Gasteiger partial charge in [-0.1, -0.05) is 51.2 Å². The first-order chi connectivity index (χ1) is 6.08. The lowest BCUT2D eigenvalue weighted by molar-refractivity contribution is 0.993. The van der Waals surface area contributed by atoms with Crippen LogP contribution in [0, 0.1) is 0 Å². The van der Waals surface area contributed by atoms with Gasteiger partial charge in [0.1, 0.15) is 0 Å². The van der Waals surface area contributed by atoms with Gasteiger partial charge in [0.05, 0.1) is 0 Å². The van der Waals surface area contributed by atoms with Crippen LogP contribution >= 0.6 is 35.1 Å². The normalized spacial score (nSPS) is 11.5. The van der Waals surface area contributed by atoms with E-state index in [0.717, 1.165) is 9.50 Å². The molecule has 0 aliphatic rings. The third-order valence-electron chi connectivity index (χ3n) is 1.07. The lowest BCUT2D eigenvalue weighted by atomic mass is 10.6. The van der Waals surface area contributed by atoms with E-state index in [4.69, 9.17) is 0 Å². The van der Waals surface area contributed by atoms with Gasteiger partial charge in [0, 0.05) is 10.5 Å². The van der Waals surface area contributed by atoms with E-state index >= 15 is 0 Å². The first-order valence-electron chi connectivity index (χ1n) is 4.25. The van der Waals surface area contributed by atoms with Crippen molar-refractivity contribution in [3.8, 4) is 0 Å². The van der Waals surface area contributed by atoms with Crippen molar-refractivity contribution in [2.45, 2.75) is 47.7 Å². The van der Waals surface area contributed by atoms with E-state index < -0.39 is 0 Å². The summed E-state index contributed by atoms with van der Waals surface area (Å²) in [6, 6.07) is 0. The van der Waals surface area contributed by atoms with E-state index in [2.05, 4.69) is 37.1 Å². The Morgan fingerprint density at radius 1 is 1.08 bits per heavy atom. The Hall–Kier alpha value is 0.260. The molecule has 0 saturated heterocycles. The van der Waals surface area contributed by atoms with Gasteiger partial charge in [0.25, 0.3) is 0 Å². The lowest BCUT2D eigenvalue weighted by Gasteiger charge is -1.98. The second kappa shape index (κ2) is 5.22. The molecule has 1 aromatic rings. The van der Waals surface area contributed by atoms with E-state index in [1.165, 1.54) is 11.5 Å². The van der Waals surface area contributed by atoms with Crippen LogP contribution in [0.3, 0.4) is 0 Å². The number of thioether (sulfide) groups is 2. The minimum Gasteiger partial charge on any atom is -0.203 e. The van der Waals surface area contributed by atoms with Crippen LogP contribution in [0.15, 0.2) is 9.50 Å². The molecule has 2 nitrogen and oxygen atoms in total. The second-order valence-corrected chi connectivity index (χ2v) is 7.30. The molecule has 74 valence electrons. The lowest BCUT2D eigenvalue weighted by Crippen LogP contribution is -1.88. The van der Waals surface area contributed by atoms with Gasteiger partial charge in [-0.3, -0.25) is 0 Å². The van der Waals surface area contributed by atoms with Crippen molar-refractivity contribution < 1.29 is 0 Å². The van der Waals surface area contributed by atoms with Gasteiger partial charge < -0.3 is 0 Å². The van der Waals surface area contributed by atoms with Crippen LogP contribution in [-0.2, 0) is 0 Å². The zero-order valence-corrected chi connectivity index (χ0v) is 10.7. The molecule has 0 amide bonds. The summed E-state index contributed by atoms with van der Waals surface area (Å²) >= 11 is 5.00. The largest absolute Gasteiger partial charge is 0.203 e. The number of hydrogen-bond acceptors (Lipinski definition) is 5. The summed E-state index contributed by atoms with van der Waals surface area (Å²) in [5.41, 5.74) is 0. The van der Waals surface area contributed by atoms with E-state index in [0.29, 0.717) is 10.5 Å². The fourth-order valence-electron chi connectivity index (χ4n) is 0.705. The van der Waals surface area contributed by atoms with Crippen LogP contribution in [0.25, 0.3) is 0 Å². The highest BCUT2D eigenvalue weighted by Gasteiger charge is 2.08. The van der Waals surface area contributed by atoms with Crippen molar-refractivity contribution in [2.75, 3.05) is 0 Å². The topological polar surface area (TPSA) is 25.8 Å². The Morgan fingerprint density at radius 3 is 2.23 bits per heavy atom. The average Bonchev–Trinajstić information content (AvgIpc) is 2.33. The summed E-state index contributed by atoms with van der Waals surface area (Å²) in [6.45, 7) is 8.64. The number of nitrogens with zero attached hydrogens (tertiary/aromatic N) is 2. The van der Waals surface area contributed by atoms with Gasteiger partial charge in [0.15, 0.2) is 4.34 Å². The molecular weight excluding hydrogens is 220 g/mol. The molecule has 0 aliphatic heterocycles. The van der Waals surface area contributed by atoms with Crippen LogP contribution < -0.4 is 0 Å². The van der Waals surface area contributed by atoms with Gasteiger partial charge in [0.2, 0.25) is 5.16 Å². The molecular formula is C8H14N2S3. The van der Waals surface area contributed by atoms with Crippen LogP contribution in [0.1, 0.15) is 27.7 Å². The van der Waals surface area contributed by atoms with Gasteiger partial charge in [-0.05, 0) is 11.5 Å². The Kier molecular flexibility index (Phi) is 4.55. The predicted molar refractivity (Wildman–Crippen MR) is 61.9 cm³/mol. The van der Waals surface area contributed by atoms with Gasteiger partial charge in [-0.2, -0.15) is 4.37 Å². The monoisotopic (exact) mass is 234 g/mol. The molecule has 0 saturated carbocycles. The Morgan fingerprint density at radius 2 is 1.69 bits per heavy atom. The van der Waals surface area contributed by atoms with Crippen molar-refractivity contribution in [3.05, 3.63) is 0 Å². The van der Waals surface area contributed by atoms with Crippen molar-refractivity contribution in [1.82, 2.24) is 9.36 Å². The third-order valence-corrected chi connectivity index (χ3v) is 3.84. The number of aromatic nitrogens is 2. The van der Waals surface area contributed by atoms with Crippen LogP contribution in [-0.4, -0.2) is 19.9 Å². The van der Waals surface area contributed by atoms with Crippen molar-refractivity contribution in [2.24, 2.45) is 0 Å². The van der Waals surface area contributed by atoms with Gasteiger partial charge in [-0.15, -0.1) is 0 Å². The molecule has 13 heavy (non-hydrogen) atoms. The van der Waals surface area contributed by atoms with Crippen LogP contribution in [0.5, 0.6) is 0 Å². The minimum atomic E-state index is 0.562. The predicted octanol–water partition coefficient (Wildman–Crippen LogP) is 3.54. The molecule has 1 rings (SSSR count). The van der Waals surface area contributed by atoms with E-state index in [9.17, 15) is 0 Å². The molecule has 0 fully saturated rings. The van der Waals surface area contributed by atoms with Gasteiger partial charge >= 0.3 is 0 Å². The molecule has 0 spiro atoms. The smallest absolute Gasteiger partial charge is 0.201 e. The molecule has 1 aromatic heterocycles. The summed E-state index contributed by atoms with van der Waals surface area (Å²) in [7, 11) is 0. The maximum atomic E-state index is 4.42. The molecule has 0 N–H and O–H groups in total. The molecule has 0 aromatic carbocycles. The maximum Gasteiger partial charge on any atom is 0.201 e. The SMILES string of the molecule is CC(C)Sc1nsc(SC(C)C)n1. The first kappa shape index (κ1) is 11.3. The van der Waals surface area contributed by atoms with Crippen LogP contribution in [0.2, 0.25) is 0 Å². The number of rotatable bonds is 4. The summed E-state index contributed by atoms with van der Waals surface area (Å²) in [5, 5.41) is 2.07. The van der Waals surface area contributed by atoms with Gasteiger partial charge in [-0.25, -0.2) is 4.98 Å². The highest BCUT2D eigenvalue weighted by molar-refractivity contribution is 8.01. The zero-order valence-electron chi connectivity index (χ0n) is 8.27. The fraction of sp³-hybridized carbons (Fsp3) is 0.750. The second-order valence-electron chi connectivity index (χ2n) is 3.18. The summed E-state index contributed by atoms with van der Waals surface area (Å²) in [4.78, 5) is 4.42. The first-order valence-corrected chi connectivity index (χ1v) is 6.78. The molecule has 5 heteroatoms. The van der Waals surface area contributed by atoms with Crippen molar-refractivity contribution in [1.29, 1.82) is 0 Å². The summed E-state index contributed by atoms with van der Waals surface area (Å²) in [6.07, 6.45) is 0. The summed E-state index contributed by atoms with van der Waals surface area (Å²) in [5.74, 6) is 0. The highest BCUT2D eigenvalue weighted by atomic mass is 32.2.